The SMILES string of the molecule is Cn1cccc1C(=O)N(CCO)c1ccc(C(=O)O)cc1. The van der Waals surface area contributed by atoms with Gasteiger partial charge in [-0.25, -0.2) is 4.79 Å². The van der Waals surface area contributed by atoms with Crippen molar-refractivity contribution >= 4 is 17.6 Å². The minimum Gasteiger partial charge on any atom is -0.478 e. The van der Waals surface area contributed by atoms with E-state index in [0.717, 1.165) is 0 Å². The van der Waals surface area contributed by atoms with Crippen LogP contribution in [0.25, 0.3) is 0 Å². The van der Waals surface area contributed by atoms with E-state index in [1.807, 2.05) is 0 Å². The number of carbonyl (C=O) groups is 2. The van der Waals surface area contributed by atoms with E-state index in [1.54, 1.807) is 42.1 Å². The lowest BCUT2D eigenvalue weighted by Crippen LogP contribution is -2.34. The van der Waals surface area contributed by atoms with Crippen LogP contribution in [0.5, 0.6) is 0 Å². The van der Waals surface area contributed by atoms with E-state index in [4.69, 9.17) is 10.2 Å². The van der Waals surface area contributed by atoms with Crippen molar-refractivity contribution in [2.75, 3.05) is 18.1 Å². The smallest absolute Gasteiger partial charge is 0.335 e. The van der Waals surface area contributed by atoms with Gasteiger partial charge < -0.3 is 19.7 Å². The number of hydrogen-bond acceptors (Lipinski definition) is 3. The molecule has 110 valence electrons. The maximum Gasteiger partial charge on any atom is 0.335 e. The van der Waals surface area contributed by atoms with Gasteiger partial charge in [0.05, 0.1) is 12.2 Å². The Labute approximate surface area is 121 Å². The van der Waals surface area contributed by atoms with Gasteiger partial charge in [-0.1, -0.05) is 0 Å². The first-order chi connectivity index (χ1) is 10.0. The molecule has 0 fully saturated rings. The van der Waals surface area contributed by atoms with Crippen molar-refractivity contribution in [2.45, 2.75) is 0 Å². The average Bonchev–Trinajstić information content (AvgIpc) is 2.90. The molecule has 0 saturated carbocycles. The Morgan fingerprint density at radius 1 is 1.19 bits per heavy atom. The monoisotopic (exact) mass is 288 g/mol. The third-order valence-corrected chi connectivity index (χ3v) is 3.16. The molecule has 1 aromatic heterocycles. The van der Waals surface area contributed by atoms with Crippen LogP contribution in [-0.2, 0) is 7.05 Å². The number of carboxylic acid groups (broad SMARTS) is 1. The zero-order valence-electron chi connectivity index (χ0n) is 11.6. The number of aromatic carboxylic acids is 1. The van der Waals surface area contributed by atoms with Crippen molar-refractivity contribution in [3.8, 4) is 0 Å². The van der Waals surface area contributed by atoms with Gasteiger partial charge in [-0.05, 0) is 36.4 Å². The average molecular weight is 288 g/mol. The van der Waals surface area contributed by atoms with Crippen molar-refractivity contribution < 1.29 is 19.8 Å². The fraction of sp³-hybridized carbons (Fsp3) is 0.200. The maximum absolute atomic E-state index is 12.5. The summed E-state index contributed by atoms with van der Waals surface area (Å²) in [6.45, 7) is -0.0483. The highest BCUT2D eigenvalue weighted by Gasteiger charge is 2.19. The molecule has 1 aromatic carbocycles. The molecule has 0 spiro atoms. The summed E-state index contributed by atoms with van der Waals surface area (Å²) in [5.41, 5.74) is 1.18. The van der Waals surface area contributed by atoms with Crippen molar-refractivity contribution in [1.82, 2.24) is 4.57 Å². The Morgan fingerprint density at radius 3 is 2.33 bits per heavy atom. The van der Waals surface area contributed by atoms with Gasteiger partial charge in [0.1, 0.15) is 5.69 Å². The molecule has 2 aromatic rings. The lowest BCUT2D eigenvalue weighted by molar-refractivity contribution is 0.0696. The largest absolute Gasteiger partial charge is 0.478 e. The first-order valence-corrected chi connectivity index (χ1v) is 6.42. The lowest BCUT2D eigenvalue weighted by atomic mass is 10.2. The van der Waals surface area contributed by atoms with E-state index in [2.05, 4.69) is 0 Å². The number of hydrogen-bond donors (Lipinski definition) is 2. The number of anilines is 1. The third-order valence-electron chi connectivity index (χ3n) is 3.16. The van der Waals surface area contributed by atoms with Crippen LogP contribution >= 0.6 is 0 Å². The second kappa shape index (κ2) is 6.23. The van der Waals surface area contributed by atoms with E-state index in [1.165, 1.54) is 17.0 Å². The molecule has 21 heavy (non-hydrogen) atoms. The van der Waals surface area contributed by atoms with Crippen LogP contribution in [-0.4, -0.2) is 39.8 Å². The Kier molecular flexibility index (Phi) is 4.39. The predicted molar refractivity (Wildman–Crippen MR) is 77.6 cm³/mol. The van der Waals surface area contributed by atoms with Gasteiger partial charge in [-0.2, -0.15) is 0 Å². The number of amides is 1. The van der Waals surface area contributed by atoms with Gasteiger partial charge in [0, 0.05) is 25.5 Å². The molecule has 6 heteroatoms. The van der Waals surface area contributed by atoms with Gasteiger partial charge in [0.15, 0.2) is 0 Å². The standard InChI is InChI=1S/C15H16N2O4/c1-16-8-2-3-13(16)14(19)17(9-10-18)12-6-4-11(5-7-12)15(20)21/h2-8,18H,9-10H2,1H3,(H,20,21). The fourth-order valence-corrected chi connectivity index (χ4v) is 2.05. The topological polar surface area (TPSA) is 82.8 Å². The van der Waals surface area contributed by atoms with Crippen LogP contribution in [0.2, 0.25) is 0 Å². The summed E-state index contributed by atoms with van der Waals surface area (Å²) < 4.78 is 1.69. The molecule has 0 aliphatic rings. The van der Waals surface area contributed by atoms with Gasteiger partial charge in [-0.3, -0.25) is 4.79 Å². The molecule has 2 N–H and O–H groups in total. The molecular formula is C15H16N2O4. The zero-order valence-corrected chi connectivity index (χ0v) is 11.6. The molecule has 0 aliphatic heterocycles. The first kappa shape index (κ1) is 14.8. The quantitative estimate of drug-likeness (QED) is 0.870. The van der Waals surface area contributed by atoms with Crippen molar-refractivity contribution in [2.24, 2.45) is 7.05 Å². The van der Waals surface area contributed by atoms with Crippen LogP contribution in [0.15, 0.2) is 42.6 Å². The van der Waals surface area contributed by atoms with Gasteiger partial charge in [0.25, 0.3) is 5.91 Å². The van der Waals surface area contributed by atoms with Gasteiger partial charge >= 0.3 is 5.97 Å². The second-order valence-electron chi connectivity index (χ2n) is 4.54. The van der Waals surface area contributed by atoms with Crippen LogP contribution in [0.4, 0.5) is 5.69 Å². The molecule has 0 atom stereocenters. The zero-order chi connectivity index (χ0) is 15.4. The summed E-state index contributed by atoms with van der Waals surface area (Å²) in [6, 6.07) is 9.43. The summed E-state index contributed by atoms with van der Waals surface area (Å²) in [6.07, 6.45) is 1.76. The molecule has 0 radical (unpaired) electrons. The number of benzene rings is 1. The molecule has 2 rings (SSSR count). The predicted octanol–water partition coefficient (Wildman–Crippen LogP) is 1.36. The van der Waals surface area contributed by atoms with Crippen molar-refractivity contribution in [3.63, 3.8) is 0 Å². The molecule has 6 nitrogen and oxygen atoms in total. The van der Waals surface area contributed by atoms with E-state index in [9.17, 15) is 9.59 Å². The van der Waals surface area contributed by atoms with Gasteiger partial charge in [0.2, 0.25) is 0 Å². The summed E-state index contributed by atoms with van der Waals surface area (Å²) in [4.78, 5) is 24.8. The molecule has 0 saturated heterocycles. The van der Waals surface area contributed by atoms with Crippen LogP contribution < -0.4 is 4.90 Å². The highest BCUT2D eigenvalue weighted by molar-refractivity contribution is 6.05. The summed E-state index contributed by atoms with van der Waals surface area (Å²) >= 11 is 0. The third kappa shape index (κ3) is 3.11. The van der Waals surface area contributed by atoms with E-state index in [0.29, 0.717) is 11.4 Å². The van der Waals surface area contributed by atoms with Crippen LogP contribution in [0.3, 0.4) is 0 Å². The van der Waals surface area contributed by atoms with E-state index < -0.39 is 5.97 Å². The van der Waals surface area contributed by atoms with E-state index >= 15 is 0 Å². The van der Waals surface area contributed by atoms with E-state index in [-0.39, 0.29) is 24.6 Å². The Hall–Kier alpha value is -2.60. The highest BCUT2D eigenvalue weighted by atomic mass is 16.4. The lowest BCUT2D eigenvalue weighted by Gasteiger charge is -2.22. The minimum absolute atomic E-state index is 0.135. The highest BCUT2D eigenvalue weighted by Crippen LogP contribution is 2.18. The number of rotatable bonds is 5. The van der Waals surface area contributed by atoms with Crippen LogP contribution in [0.1, 0.15) is 20.8 Å². The van der Waals surface area contributed by atoms with Crippen LogP contribution in [0, 0.1) is 0 Å². The fourth-order valence-electron chi connectivity index (χ4n) is 2.05. The number of carbonyl (C=O) groups excluding carboxylic acids is 1. The number of carboxylic acids is 1. The summed E-state index contributed by atoms with van der Waals surface area (Å²) in [7, 11) is 1.76. The van der Waals surface area contributed by atoms with Crippen molar-refractivity contribution in [1.29, 1.82) is 0 Å². The number of aromatic nitrogens is 1. The summed E-state index contributed by atoms with van der Waals surface area (Å²) in [5.74, 6) is -1.27. The second-order valence-corrected chi connectivity index (χ2v) is 4.54. The molecule has 0 aliphatic carbocycles. The Balaban J connectivity index is 2.32. The number of aliphatic hydroxyl groups excluding tert-OH is 1. The molecular weight excluding hydrogens is 272 g/mol. The molecule has 0 unspecified atom stereocenters. The van der Waals surface area contributed by atoms with Gasteiger partial charge in [-0.15, -0.1) is 0 Å². The Bertz CT molecular complexity index is 646. The Morgan fingerprint density at radius 2 is 1.86 bits per heavy atom. The molecule has 0 bridgehead atoms. The number of aliphatic hydroxyl groups is 1. The molecule has 1 amide bonds. The number of nitrogens with zero attached hydrogens (tertiary/aromatic N) is 2. The minimum atomic E-state index is -1.02. The maximum atomic E-state index is 12.5. The molecule has 1 heterocycles. The first-order valence-electron chi connectivity index (χ1n) is 6.42. The normalized spacial score (nSPS) is 10.4. The summed E-state index contributed by atoms with van der Waals surface area (Å²) in [5, 5.41) is 18.1. The van der Waals surface area contributed by atoms with Crippen molar-refractivity contribution in [3.05, 3.63) is 53.9 Å². The number of aryl methyl sites for hydroxylation is 1.